The number of aliphatic hydroxyl groups is 1. The van der Waals surface area contributed by atoms with E-state index in [0.717, 1.165) is 0 Å². The smallest absolute Gasteiger partial charge is 0.253 e. The third-order valence-corrected chi connectivity index (χ3v) is 3.66. The maximum absolute atomic E-state index is 11.3. The molecule has 0 bridgehead atoms. The van der Waals surface area contributed by atoms with E-state index >= 15 is 0 Å². The van der Waals surface area contributed by atoms with E-state index in [2.05, 4.69) is 4.98 Å². The molecule has 1 aromatic heterocycles. The third kappa shape index (κ3) is 2.54. The molecule has 0 radical (unpaired) electrons. The average Bonchev–Trinajstić information content (AvgIpc) is 2.36. The molecule has 94 valence electrons. The van der Waals surface area contributed by atoms with Crippen LogP contribution in [0, 0.1) is 0 Å². The van der Waals surface area contributed by atoms with Gasteiger partial charge in [0, 0.05) is 11.8 Å². The number of nitrogens with one attached hydrogen (secondary N) is 1. The largest absolute Gasteiger partial charge is 0.391 e. The minimum absolute atomic E-state index is 0.273. The van der Waals surface area contributed by atoms with Crippen molar-refractivity contribution in [3.05, 3.63) is 55.4 Å². The topological polar surface area (TPSA) is 53.1 Å². The van der Waals surface area contributed by atoms with Gasteiger partial charge in [-0.3, -0.25) is 4.79 Å². The van der Waals surface area contributed by atoms with Gasteiger partial charge in [0.25, 0.3) is 5.56 Å². The number of aliphatic hydroxyl groups excluding tert-OH is 1. The minimum Gasteiger partial charge on any atom is -0.391 e. The van der Waals surface area contributed by atoms with Crippen molar-refractivity contribution < 1.29 is 5.11 Å². The quantitative estimate of drug-likeness (QED) is 0.834. The molecule has 0 atom stereocenters. The van der Waals surface area contributed by atoms with Crippen molar-refractivity contribution in [1.82, 2.24) is 4.98 Å². The Balaban J connectivity index is 2.59. The zero-order valence-corrected chi connectivity index (χ0v) is 11.3. The maximum Gasteiger partial charge on any atom is 0.253 e. The Kier molecular flexibility index (Phi) is 3.97. The molecule has 1 aromatic carbocycles. The van der Waals surface area contributed by atoms with Crippen molar-refractivity contribution in [3.63, 3.8) is 0 Å². The van der Waals surface area contributed by atoms with Gasteiger partial charge in [-0.25, -0.2) is 0 Å². The Morgan fingerprint density at radius 3 is 2.22 bits per heavy atom. The van der Waals surface area contributed by atoms with Crippen LogP contribution in [0.4, 0.5) is 0 Å². The Bertz CT molecular complexity index is 629. The second kappa shape index (κ2) is 5.33. The molecule has 0 fully saturated rings. The van der Waals surface area contributed by atoms with Crippen LogP contribution >= 0.6 is 34.8 Å². The van der Waals surface area contributed by atoms with E-state index in [9.17, 15) is 4.79 Å². The van der Waals surface area contributed by atoms with E-state index in [1.807, 2.05) is 0 Å². The molecule has 0 aliphatic heterocycles. The van der Waals surface area contributed by atoms with E-state index in [0.29, 0.717) is 21.2 Å². The summed E-state index contributed by atoms with van der Waals surface area (Å²) in [4.78, 5) is 13.9. The van der Waals surface area contributed by atoms with Crippen LogP contribution in [0.15, 0.2) is 29.2 Å². The first kappa shape index (κ1) is 13.4. The zero-order chi connectivity index (χ0) is 13.3. The second-order valence-electron chi connectivity index (χ2n) is 3.65. The van der Waals surface area contributed by atoms with Gasteiger partial charge < -0.3 is 10.1 Å². The lowest BCUT2D eigenvalue weighted by Gasteiger charge is -2.06. The summed E-state index contributed by atoms with van der Waals surface area (Å²) >= 11 is 17.7. The number of aromatic amines is 1. The first-order chi connectivity index (χ1) is 8.52. The number of aromatic nitrogens is 1. The molecule has 2 aromatic rings. The van der Waals surface area contributed by atoms with Crippen LogP contribution in [0.5, 0.6) is 0 Å². The van der Waals surface area contributed by atoms with E-state index in [-0.39, 0.29) is 22.8 Å². The maximum atomic E-state index is 11.3. The summed E-state index contributed by atoms with van der Waals surface area (Å²) in [6.07, 6.45) is 1.53. The van der Waals surface area contributed by atoms with Crippen LogP contribution in [0.25, 0.3) is 11.1 Å². The number of benzene rings is 1. The van der Waals surface area contributed by atoms with Gasteiger partial charge in [0.05, 0.1) is 21.7 Å². The molecule has 18 heavy (non-hydrogen) atoms. The van der Waals surface area contributed by atoms with E-state index < -0.39 is 0 Å². The van der Waals surface area contributed by atoms with Gasteiger partial charge in [-0.15, -0.1) is 0 Å². The first-order valence-corrected chi connectivity index (χ1v) is 6.13. The molecule has 2 N–H and O–H groups in total. The standard InChI is InChI=1S/C12H8Cl3NO2/c13-9-2-6(3-10(14)11(9)15)7-1-8(5-17)12(18)16-4-7/h1-4,17H,5H2,(H,16,18). The fourth-order valence-corrected chi connectivity index (χ4v) is 2.13. The van der Waals surface area contributed by atoms with Gasteiger partial charge in [-0.1, -0.05) is 34.8 Å². The second-order valence-corrected chi connectivity index (χ2v) is 4.85. The Morgan fingerprint density at radius 2 is 1.67 bits per heavy atom. The Morgan fingerprint density at radius 1 is 1.06 bits per heavy atom. The average molecular weight is 305 g/mol. The van der Waals surface area contributed by atoms with Crippen molar-refractivity contribution >= 4 is 34.8 Å². The summed E-state index contributed by atoms with van der Waals surface area (Å²) in [5.74, 6) is 0. The molecular weight excluding hydrogens is 296 g/mol. The molecule has 3 nitrogen and oxygen atoms in total. The molecule has 0 amide bonds. The van der Waals surface area contributed by atoms with Crippen molar-refractivity contribution in [3.8, 4) is 11.1 Å². The van der Waals surface area contributed by atoms with Crippen LogP contribution < -0.4 is 5.56 Å². The van der Waals surface area contributed by atoms with Crippen molar-refractivity contribution in [2.45, 2.75) is 6.61 Å². The fraction of sp³-hybridized carbons (Fsp3) is 0.0833. The number of pyridine rings is 1. The molecule has 0 aliphatic rings. The highest BCUT2D eigenvalue weighted by Gasteiger charge is 2.09. The minimum atomic E-state index is -0.335. The van der Waals surface area contributed by atoms with Crippen molar-refractivity contribution in [1.29, 1.82) is 0 Å². The monoisotopic (exact) mass is 303 g/mol. The molecular formula is C12H8Cl3NO2. The highest BCUT2D eigenvalue weighted by molar-refractivity contribution is 6.48. The summed E-state index contributed by atoms with van der Waals surface area (Å²) in [6.45, 7) is -0.335. The molecule has 1 heterocycles. The molecule has 0 saturated carbocycles. The van der Waals surface area contributed by atoms with Crippen molar-refractivity contribution in [2.24, 2.45) is 0 Å². The molecule has 0 aliphatic carbocycles. The predicted molar refractivity (Wildman–Crippen MR) is 73.5 cm³/mol. The third-order valence-electron chi connectivity index (χ3n) is 2.47. The fourth-order valence-electron chi connectivity index (χ4n) is 1.54. The summed E-state index contributed by atoms with van der Waals surface area (Å²) < 4.78 is 0. The molecule has 0 unspecified atom stereocenters. The highest BCUT2D eigenvalue weighted by Crippen LogP contribution is 2.34. The van der Waals surface area contributed by atoms with E-state index in [1.54, 1.807) is 18.2 Å². The van der Waals surface area contributed by atoms with Crippen LogP contribution in [0.2, 0.25) is 15.1 Å². The number of hydrogen-bond acceptors (Lipinski definition) is 2. The molecule has 0 spiro atoms. The molecule has 6 heteroatoms. The summed E-state index contributed by atoms with van der Waals surface area (Å²) in [5.41, 5.74) is 1.35. The van der Waals surface area contributed by atoms with Gasteiger partial charge in [0.1, 0.15) is 0 Å². The van der Waals surface area contributed by atoms with Gasteiger partial charge in [-0.05, 0) is 29.3 Å². The number of H-pyrrole nitrogens is 1. The van der Waals surface area contributed by atoms with Gasteiger partial charge in [0.2, 0.25) is 0 Å². The van der Waals surface area contributed by atoms with Crippen LogP contribution in [-0.2, 0) is 6.61 Å². The first-order valence-electron chi connectivity index (χ1n) is 5.00. The Hall–Kier alpha value is -1.00. The predicted octanol–water partition coefficient (Wildman–Crippen LogP) is 3.49. The summed E-state index contributed by atoms with van der Waals surface area (Å²) in [7, 11) is 0. The van der Waals surface area contributed by atoms with E-state index in [1.165, 1.54) is 6.20 Å². The summed E-state index contributed by atoms with van der Waals surface area (Å²) in [6, 6.07) is 4.86. The zero-order valence-electron chi connectivity index (χ0n) is 9.01. The lowest BCUT2D eigenvalue weighted by molar-refractivity contribution is 0.280. The number of halogens is 3. The van der Waals surface area contributed by atoms with Gasteiger partial charge in [0.15, 0.2) is 0 Å². The Labute approximate surface area is 118 Å². The molecule has 0 saturated heterocycles. The number of rotatable bonds is 2. The SMILES string of the molecule is O=c1[nH]cc(-c2cc(Cl)c(Cl)c(Cl)c2)cc1CO. The number of hydrogen-bond donors (Lipinski definition) is 2. The van der Waals surface area contributed by atoms with Gasteiger partial charge >= 0.3 is 0 Å². The highest BCUT2D eigenvalue weighted by atomic mass is 35.5. The van der Waals surface area contributed by atoms with Crippen LogP contribution in [0.1, 0.15) is 5.56 Å². The van der Waals surface area contributed by atoms with Gasteiger partial charge in [-0.2, -0.15) is 0 Å². The molecule has 2 rings (SSSR count). The van der Waals surface area contributed by atoms with Crippen molar-refractivity contribution in [2.75, 3.05) is 0 Å². The lowest BCUT2D eigenvalue weighted by Crippen LogP contribution is -2.11. The van der Waals surface area contributed by atoms with Crippen LogP contribution in [0.3, 0.4) is 0 Å². The van der Waals surface area contributed by atoms with Crippen LogP contribution in [-0.4, -0.2) is 10.1 Å². The lowest BCUT2D eigenvalue weighted by atomic mass is 10.1. The van der Waals surface area contributed by atoms with E-state index in [4.69, 9.17) is 39.9 Å². The normalized spacial score (nSPS) is 10.7. The summed E-state index contributed by atoms with van der Waals surface area (Å²) in [5, 5.41) is 9.99.